The molecule has 0 spiro atoms. The smallest absolute Gasteiger partial charge is 0.0793 e. The van der Waals surface area contributed by atoms with E-state index in [0.29, 0.717) is 0 Å². The number of hydrogen-bond acceptors (Lipinski definition) is 6. The Balaban J connectivity index is 0.000000230. The normalized spacial score (nSPS) is 10.5. The van der Waals surface area contributed by atoms with Crippen molar-refractivity contribution < 1.29 is 0 Å². The van der Waals surface area contributed by atoms with E-state index in [9.17, 15) is 0 Å². The largest absolute Gasteiger partial charge is 0.133 e. The molecule has 6 heterocycles. The molecule has 3 aromatic carbocycles. The number of rotatable bonds is 12. The second kappa shape index (κ2) is 26.8. The summed E-state index contributed by atoms with van der Waals surface area (Å²) < 4.78 is 13.4. The highest BCUT2D eigenvalue weighted by Gasteiger charge is 2.13. The summed E-state index contributed by atoms with van der Waals surface area (Å²) in [6.07, 6.45) is 20.3. The topological polar surface area (TPSA) is 0 Å². The predicted molar refractivity (Wildman–Crippen MR) is 308 cm³/mol. The number of unbranched alkanes of at least 4 members (excludes halogenated alkanes) is 6. The van der Waals surface area contributed by atoms with Gasteiger partial charge in [0, 0.05) is 35.5 Å². The predicted octanol–water partition coefficient (Wildman–Crippen LogP) is 20.8. The minimum Gasteiger partial charge on any atom is -0.133 e. The van der Waals surface area contributed by atoms with Gasteiger partial charge < -0.3 is 0 Å². The van der Waals surface area contributed by atoms with Crippen molar-refractivity contribution >= 4 is 137 Å². The summed E-state index contributed by atoms with van der Waals surface area (Å²) in [7, 11) is 0. The lowest BCUT2D eigenvalue weighted by Gasteiger charge is -2.00. The Morgan fingerprint density at radius 3 is 1.06 bits per heavy atom. The van der Waals surface area contributed by atoms with Crippen LogP contribution in [0.4, 0.5) is 0 Å². The van der Waals surface area contributed by atoms with E-state index in [4.69, 9.17) is 6.42 Å². The minimum atomic E-state index is 0. The monoisotopic (exact) mass is 1090 g/mol. The van der Waals surface area contributed by atoms with E-state index in [0.717, 1.165) is 39.3 Å². The van der Waals surface area contributed by atoms with Crippen molar-refractivity contribution in [2.75, 3.05) is 0 Å². The van der Waals surface area contributed by atoms with Crippen molar-refractivity contribution in [2.45, 2.75) is 113 Å². The zero-order chi connectivity index (χ0) is 44.0. The zero-order valence-electron chi connectivity index (χ0n) is 36.0. The number of benzene rings is 3. The first-order valence-electron chi connectivity index (χ1n) is 21.8. The Kier molecular flexibility index (Phi) is 21.6. The molecule has 0 N–H and O–H groups in total. The molecule has 6 aromatic heterocycles. The maximum Gasteiger partial charge on any atom is 0.0793 e. The number of halogens is 2. The molecule has 0 bridgehead atoms. The molecule has 0 atom stereocenters. The molecule has 0 aliphatic rings. The Morgan fingerprint density at radius 2 is 0.723 bits per heavy atom. The van der Waals surface area contributed by atoms with Crippen LogP contribution in [-0.2, 0) is 19.3 Å². The lowest BCUT2D eigenvalue weighted by molar-refractivity contribution is 0.717. The fourth-order valence-electron chi connectivity index (χ4n) is 7.02. The number of aryl methyl sites for hydroxylation is 3. The number of fused-ring (bicyclic) bond motifs is 6. The van der Waals surface area contributed by atoms with Gasteiger partial charge in [-0.25, -0.2) is 0 Å². The standard InChI is InChI=1S/C34H32S3.C13H16.C8H2Br2S3.2CH4/c1-3-5-7-9-25-11-15-27(16-12-25)19-21-29-23-31-33(35-29)34-32(37-31)24-30(36-34)22-20-28-17-13-26(14-18-28)10-8-6-4-2;1-3-5-6-7-13-10-8-12(4-2)9-11-13;9-5-1-3-7(12-5)8-4(11-3)2-6(10)13-8;;/h11-18,23-24H,3-10H2,1-2H3;2,8-11H,3,5-7H2,1H3;1-2H;2*1H4. The Bertz CT molecular complexity index is 2850. The summed E-state index contributed by atoms with van der Waals surface area (Å²) in [5.41, 5.74) is 7.36. The molecule has 8 heteroatoms. The third kappa shape index (κ3) is 15.0. The van der Waals surface area contributed by atoms with Crippen molar-refractivity contribution in [3.05, 3.63) is 148 Å². The molecule has 0 saturated heterocycles. The van der Waals surface area contributed by atoms with Crippen molar-refractivity contribution in [2.24, 2.45) is 0 Å². The SMILES string of the molecule is Brc1cc2sc3cc(Br)sc3c2s1.C.C.C#Cc1ccc(CCCCC)cc1.CCCCCc1ccc(C#Cc2cc3sc4cc(C#Cc5ccc(CCCCC)cc5)sc4c3s2)cc1. The van der Waals surface area contributed by atoms with Gasteiger partial charge in [0.15, 0.2) is 0 Å². The fourth-order valence-corrected chi connectivity index (χ4v) is 16.0. The molecule has 0 aliphatic heterocycles. The average molecular weight is 1100 g/mol. The highest BCUT2D eigenvalue weighted by atomic mass is 79.9. The molecule has 0 unspecified atom stereocenters. The third-order valence-corrected chi connectivity index (χ3v) is 18.9. The molecule has 0 nitrogen and oxygen atoms in total. The maximum atomic E-state index is 5.27. The van der Waals surface area contributed by atoms with Gasteiger partial charge in [0.2, 0.25) is 0 Å². The van der Waals surface area contributed by atoms with Crippen LogP contribution in [0, 0.1) is 36.0 Å². The number of thiophene rings is 6. The van der Waals surface area contributed by atoms with E-state index in [-0.39, 0.29) is 14.9 Å². The Hall–Kier alpha value is -3.46. The fraction of sp³-hybridized carbons (Fsp3) is 0.298. The van der Waals surface area contributed by atoms with E-state index in [1.165, 1.54) is 126 Å². The van der Waals surface area contributed by atoms with Crippen molar-refractivity contribution in [1.82, 2.24) is 0 Å². The highest BCUT2D eigenvalue weighted by molar-refractivity contribution is 9.11. The second-order valence-electron chi connectivity index (χ2n) is 15.4. The van der Waals surface area contributed by atoms with Crippen LogP contribution in [0.2, 0.25) is 0 Å². The summed E-state index contributed by atoms with van der Waals surface area (Å²) in [5, 5.41) is 0. The van der Waals surface area contributed by atoms with Gasteiger partial charge in [0.05, 0.1) is 36.1 Å². The van der Waals surface area contributed by atoms with Gasteiger partial charge in [-0.05, 0) is 148 Å². The molecule has 0 amide bonds. The molecule has 0 saturated carbocycles. The van der Waals surface area contributed by atoms with E-state index >= 15 is 0 Å². The lowest BCUT2D eigenvalue weighted by Crippen LogP contribution is -1.85. The Morgan fingerprint density at radius 1 is 0.400 bits per heavy atom. The zero-order valence-corrected chi connectivity index (χ0v) is 44.1. The van der Waals surface area contributed by atoms with Gasteiger partial charge in [-0.3, -0.25) is 0 Å². The van der Waals surface area contributed by atoms with Crippen LogP contribution in [-0.4, -0.2) is 0 Å². The van der Waals surface area contributed by atoms with Crippen LogP contribution in [0.1, 0.15) is 137 Å². The van der Waals surface area contributed by atoms with E-state index in [1.54, 1.807) is 22.7 Å². The maximum absolute atomic E-state index is 5.27. The highest BCUT2D eigenvalue weighted by Crippen LogP contribution is 2.46. The molecule has 0 fully saturated rings. The van der Waals surface area contributed by atoms with Crippen LogP contribution >= 0.6 is 99.9 Å². The van der Waals surface area contributed by atoms with Crippen molar-refractivity contribution in [3.63, 3.8) is 0 Å². The third-order valence-electron chi connectivity index (χ3n) is 10.5. The quantitative estimate of drug-likeness (QED) is 0.0845. The number of terminal acetylenes is 1. The summed E-state index contributed by atoms with van der Waals surface area (Å²) in [4.78, 5) is 2.27. The molecule has 0 aliphatic carbocycles. The van der Waals surface area contributed by atoms with Gasteiger partial charge in [-0.1, -0.05) is 140 Å². The van der Waals surface area contributed by atoms with Crippen LogP contribution in [0.5, 0.6) is 0 Å². The molecule has 65 heavy (non-hydrogen) atoms. The average Bonchev–Trinajstić information content (AvgIpc) is 4.15. The van der Waals surface area contributed by atoms with E-state index in [2.05, 4.69) is 167 Å². The van der Waals surface area contributed by atoms with Crippen LogP contribution in [0.25, 0.3) is 37.6 Å². The first-order chi connectivity index (χ1) is 30.8. The Labute approximate surface area is 429 Å². The second-order valence-corrected chi connectivity index (χ2v) is 24.5. The van der Waals surface area contributed by atoms with E-state index in [1.807, 2.05) is 57.5 Å². The molecule has 0 radical (unpaired) electrons. The summed E-state index contributed by atoms with van der Waals surface area (Å²) in [6, 6.07) is 34.7. The van der Waals surface area contributed by atoms with Crippen molar-refractivity contribution in [1.29, 1.82) is 0 Å². The van der Waals surface area contributed by atoms with Gasteiger partial charge in [0.1, 0.15) is 0 Å². The summed E-state index contributed by atoms with van der Waals surface area (Å²) in [6.45, 7) is 6.72. The van der Waals surface area contributed by atoms with Crippen molar-refractivity contribution in [3.8, 4) is 36.0 Å². The molecular weight excluding hydrogens is 1040 g/mol. The summed E-state index contributed by atoms with van der Waals surface area (Å²) in [5.74, 6) is 16.1. The molecule has 9 rings (SSSR count). The number of hydrogen-bond donors (Lipinski definition) is 0. The molecular formula is C57H58Br2S6. The minimum absolute atomic E-state index is 0. The lowest BCUT2D eigenvalue weighted by atomic mass is 10.1. The first kappa shape index (κ1) is 52.5. The first-order valence-corrected chi connectivity index (χ1v) is 28.3. The van der Waals surface area contributed by atoms with Gasteiger partial charge >= 0.3 is 0 Å². The van der Waals surface area contributed by atoms with Gasteiger partial charge in [-0.15, -0.1) is 74.4 Å². The van der Waals surface area contributed by atoms with Crippen LogP contribution < -0.4 is 0 Å². The van der Waals surface area contributed by atoms with Crippen LogP contribution in [0.15, 0.2) is 105 Å². The molecule has 336 valence electrons. The summed E-state index contributed by atoms with van der Waals surface area (Å²) >= 11 is 18.0. The molecule has 9 aromatic rings. The van der Waals surface area contributed by atoms with Gasteiger partial charge in [0.25, 0.3) is 0 Å². The van der Waals surface area contributed by atoms with Gasteiger partial charge in [-0.2, -0.15) is 0 Å². The van der Waals surface area contributed by atoms with Crippen LogP contribution in [0.3, 0.4) is 0 Å². The van der Waals surface area contributed by atoms with E-state index < -0.39 is 0 Å².